The number of guanidine groups is 1. The zero-order valence-electron chi connectivity index (χ0n) is 17.1. The average molecular weight is 513 g/mol. The molecule has 0 saturated carbocycles. The molecule has 1 saturated heterocycles. The van der Waals surface area contributed by atoms with Crippen LogP contribution in [0.15, 0.2) is 15.6 Å². The monoisotopic (exact) mass is 513 g/mol. The van der Waals surface area contributed by atoms with Crippen molar-refractivity contribution < 1.29 is 13.3 Å². The van der Waals surface area contributed by atoms with Crippen LogP contribution in [0.4, 0.5) is 8.78 Å². The van der Waals surface area contributed by atoms with Gasteiger partial charge in [-0.1, -0.05) is 19.0 Å². The smallest absolute Gasteiger partial charge is 0.251 e. The molecule has 0 radical (unpaired) electrons. The Hall–Kier alpha value is -0.970. The first kappa shape index (κ1) is 25.1. The molecule has 2 N–H and O–H groups in total. The summed E-state index contributed by atoms with van der Waals surface area (Å²) in [7, 11) is 0. The van der Waals surface area contributed by atoms with Crippen LogP contribution in [-0.4, -0.2) is 54.7 Å². The minimum atomic E-state index is -2.26. The van der Waals surface area contributed by atoms with Gasteiger partial charge in [0.05, 0.1) is 12.2 Å². The lowest BCUT2D eigenvalue weighted by Crippen LogP contribution is -2.49. The van der Waals surface area contributed by atoms with Gasteiger partial charge in [-0.15, -0.1) is 24.0 Å². The lowest BCUT2D eigenvalue weighted by Gasteiger charge is -2.32. The lowest BCUT2D eigenvalue weighted by atomic mass is 9.99. The van der Waals surface area contributed by atoms with Crippen molar-refractivity contribution in [3.63, 3.8) is 0 Å². The second-order valence-corrected chi connectivity index (χ2v) is 7.04. The molecule has 9 heteroatoms. The lowest BCUT2D eigenvalue weighted by molar-refractivity contribution is 0.0744. The fourth-order valence-electron chi connectivity index (χ4n) is 3.43. The van der Waals surface area contributed by atoms with E-state index >= 15 is 0 Å². The molecule has 0 spiro atoms. The molecule has 28 heavy (non-hydrogen) atoms. The highest BCUT2D eigenvalue weighted by atomic mass is 127. The summed E-state index contributed by atoms with van der Waals surface area (Å²) in [5.41, 5.74) is 0.995. The molecule has 162 valence electrons. The van der Waals surface area contributed by atoms with Crippen LogP contribution in [0.2, 0.25) is 0 Å². The van der Waals surface area contributed by atoms with E-state index < -0.39 is 6.43 Å². The van der Waals surface area contributed by atoms with Crippen LogP contribution in [-0.2, 0) is 6.54 Å². The number of rotatable bonds is 9. The van der Waals surface area contributed by atoms with Gasteiger partial charge < -0.3 is 15.2 Å². The summed E-state index contributed by atoms with van der Waals surface area (Å²) in [5.74, 6) is 1.91. The van der Waals surface area contributed by atoms with Crippen LogP contribution in [0.3, 0.4) is 0 Å². The number of aliphatic imine (C=N–C) groups is 1. The first-order valence-electron chi connectivity index (χ1n) is 10.1. The molecule has 2 rings (SSSR count). The highest BCUT2D eigenvalue weighted by molar-refractivity contribution is 14.0. The number of halogens is 3. The third-order valence-corrected chi connectivity index (χ3v) is 5.04. The van der Waals surface area contributed by atoms with E-state index in [1.165, 1.54) is 0 Å². The van der Waals surface area contributed by atoms with Crippen molar-refractivity contribution in [3.05, 3.63) is 17.5 Å². The molecule has 0 aliphatic carbocycles. The molecule has 0 amide bonds. The Kier molecular flexibility index (Phi) is 11.9. The number of aromatic nitrogens is 1. The predicted octanol–water partition coefficient (Wildman–Crippen LogP) is 3.98. The molecule has 0 aromatic carbocycles. The Labute approximate surface area is 183 Å². The first-order valence-corrected chi connectivity index (χ1v) is 10.1. The maximum Gasteiger partial charge on any atom is 0.251 e. The quantitative estimate of drug-likeness (QED) is 0.297. The van der Waals surface area contributed by atoms with Crippen molar-refractivity contribution in [2.24, 2.45) is 4.99 Å². The summed E-state index contributed by atoms with van der Waals surface area (Å²) in [5, 5.41) is 10.8. The second-order valence-electron chi connectivity index (χ2n) is 7.04. The highest BCUT2D eigenvalue weighted by Gasteiger charge is 2.22. The Morgan fingerprint density at radius 3 is 2.54 bits per heavy atom. The Bertz CT molecular complexity index is 572. The number of nitrogens with one attached hydrogen (secondary N) is 2. The maximum absolute atomic E-state index is 12.5. The molecular weight excluding hydrogens is 479 g/mol. The van der Waals surface area contributed by atoms with Gasteiger partial charge in [0.2, 0.25) is 0 Å². The molecule has 0 unspecified atom stereocenters. The van der Waals surface area contributed by atoms with Crippen molar-refractivity contribution in [2.75, 3.05) is 26.2 Å². The Morgan fingerprint density at radius 1 is 1.29 bits per heavy atom. The molecule has 0 bridgehead atoms. The van der Waals surface area contributed by atoms with Crippen LogP contribution in [0.1, 0.15) is 63.8 Å². The summed E-state index contributed by atoms with van der Waals surface area (Å²) in [6, 6.07) is 2.24. The van der Waals surface area contributed by atoms with Crippen LogP contribution < -0.4 is 10.6 Å². The van der Waals surface area contributed by atoms with Gasteiger partial charge in [-0.25, -0.2) is 13.8 Å². The van der Waals surface area contributed by atoms with E-state index in [2.05, 4.69) is 34.6 Å². The molecule has 1 aliphatic heterocycles. The van der Waals surface area contributed by atoms with Crippen LogP contribution >= 0.6 is 24.0 Å². The number of piperidine rings is 1. The van der Waals surface area contributed by atoms with E-state index in [1.807, 2.05) is 17.9 Å². The molecule has 1 aliphatic rings. The van der Waals surface area contributed by atoms with Crippen LogP contribution in [0, 0.1) is 0 Å². The highest BCUT2D eigenvalue weighted by Crippen LogP contribution is 2.22. The van der Waals surface area contributed by atoms with Gasteiger partial charge in [0.25, 0.3) is 6.43 Å². The molecule has 0 atom stereocenters. The zero-order chi connectivity index (χ0) is 19.6. The zero-order valence-corrected chi connectivity index (χ0v) is 19.4. The summed E-state index contributed by atoms with van der Waals surface area (Å²) in [6.45, 7) is 8.73. The van der Waals surface area contributed by atoms with E-state index in [1.54, 1.807) is 0 Å². The molecule has 1 aromatic rings. The number of hydrogen-bond acceptors (Lipinski definition) is 4. The minimum absolute atomic E-state index is 0. The van der Waals surface area contributed by atoms with Gasteiger partial charge in [-0.2, -0.15) is 0 Å². The predicted molar refractivity (Wildman–Crippen MR) is 119 cm³/mol. The average Bonchev–Trinajstić information content (AvgIpc) is 3.11. The van der Waals surface area contributed by atoms with E-state index in [0.29, 0.717) is 25.6 Å². The third kappa shape index (κ3) is 8.18. The summed E-state index contributed by atoms with van der Waals surface area (Å²) >= 11 is 0. The normalized spacial score (nSPS) is 16.5. The van der Waals surface area contributed by atoms with Gasteiger partial charge in [0.15, 0.2) is 11.7 Å². The van der Waals surface area contributed by atoms with Crippen molar-refractivity contribution in [3.8, 4) is 0 Å². The summed E-state index contributed by atoms with van der Waals surface area (Å²) in [4.78, 5) is 6.42. The van der Waals surface area contributed by atoms with Crippen molar-refractivity contribution >= 4 is 29.9 Å². The van der Waals surface area contributed by atoms with Crippen LogP contribution in [0.5, 0.6) is 0 Å². The third-order valence-electron chi connectivity index (χ3n) is 5.04. The van der Waals surface area contributed by atoms with E-state index in [0.717, 1.165) is 49.6 Å². The number of likely N-dealkylation sites (tertiary alicyclic amines) is 1. The molecular formula is C19H34F2IN5O. The molecule has 6 nitrogen and oxygen atoms in total. The van der Waals surface area contributed by atoms with Gasteiger partial charge >= 0.3 is 0 Å². The Morgan fingerprint density at radius 2 is 1.96 bits per heavy atom. The number of alkyl halides is 2. The molecule has 1 aromatic heterocycles. The van der Waals surface area contributed by atoms with Crippen molar-refractivity contribution in [1.29, 1.82) is 0 Å². The number of hydrogen-bond donors (Lipinski definition) is 2. The largest absolute Gasteiger partial charge is 0.359 e. The second kappa shape index (κ2) is 13.3. The van der Waals surface area contributed by atoms with Gasteiger partial charge in [-0.3, -0.25) is 4.90 Å². The van der Waals surface area contributed by atoms with Gasteiger partial charge in [0, 0.05) is 37.7 Å². The minimum Gasteiger partial charge on any atom is -0.359 e. The topological polar surface area (TPSA) is 65.7 Å². The van der Waals surface area contributed by atoms with Gasteiger partial charge in [0.1, 0.15) is 6.54 Å². The fourth-order valence-corrected chi connectivity index (χ4v) is 3.43. The Balaban J connectivity index is 0.00000392. The maximum atomic E-state index is 12.5. The number of nitrogens with zero attached hydrogens (tertiary/aromatic N) is 3. The molecule has 2 heterocycles. The van der Waals surface area contributed by atoms with E-state index in [4.69, 9.17) is 4.52 Å². The van der Waals surface area contributed by atoms with Crippen LogP contribution in [0.25, 0.3) is 0 Å². The van der Waals surface area contributed by atoms with Gasteiger partial charge in [-0.05, 0) is 32.6 Å². The SMILES string of the molecule is CCNC(=NCc1cc(C(CC)CC)no1)NC1CCN(CC(F)F)CC1.I. The van der Waals surface area contributed by atoms with Crippen molar-refractivity contribution in [2.45, 2.75) is 71.4 Å². The standard InChI is InChI=1S/C19H33F2N5O.HI/c1-4-14(5-2)17-11-16(27-25-17)12-23-19(22-6-3)24-15-7-9-26(10-8-15)13-18(20)21;/h11,14-15,18H,4-10,12-13H2,1-3H3,(H2,22,23,24);1H. The fraction of sp³-hybridized carbons (Fsp3) is 0.789. The van der Waals surface area contributed by atoms with E-state index in [-0.39, 0.29) is 36.6 Å². The molecule has 1 fully saturated rings. The van der Waals surface area contributed by atoms with E-state index in [9.17, 15) is 8.78 Å². The van der Waals surface area contributed by atoms with Crippen molar-refractivity contribution in [1.82, 2.24) is 20.7 Å². The summed E-state index contributed by atoms with van der Waals surface area (Å²) < 4.78 is 30.4. The summed E-state index contributed by atoms with van der Waals surface area (Å²) in [6.07, 6.45) is 1.48. The first-order chi connectivity index (χ1) is 13.0.